The van der Waals surface area contributed by atoms with Gasteiger partial charge in [0.15, 0.2) is 0 Å². The Balaban J connectivity index is 2.73. The highest BCUT2D eigenvalue weighted by Gasteiger charge is 2.12. The van der Waals surface area contributed by atoms with Crippen molar-refractivity contribution >= 4 is 5.69 Å². The van der Waals surface area contributed by atoms with E-state index in [4.69, 9.17) is 5.73 Å². The van der Waals surface area contributed by atoms with Crippen molar-refractivity contribution in [2.75, 3.05) is 5.73 Å². The smallest absolute Gasteiger partial charge is 0.126 e. The van der Waals surface area contributed by atoms with Crippen molar-refractivity contribution in [3.05, 3.63) is 40.3 Å². The minimum Gasteiger partial charge on any atom is -0.395 e. The van der Waals surface area contributed by atoms with E-state index in [-0.39, 0.29) is 0 Å². The Morgan fingerprint density at radius 1 is 0.833 bits per heavy atom. The summed E-state index contributed by atoms with van der Waals surface area (Å²) in [5.74, 6) is 0.759. The minimum atomic E-state index is 0.673. The van der Waals surface area contributed by atoms with Gasteiger partial charge in [-0.25, -0.2) is 9.97 Å². The lowest BCUT2D eigenvalue weighted by Gasteiger charge is -2.13. The number of hydrogen-bond acceptors (Lipinski definition) is 3. The van der Waals surface area contributed by atoms with Crippen molar-refractivity contribution < 1.29 is 0 Å². The summed E-state index contributed by atoms with van der Waals surface area (Å²) in [6, 6.07) is 4.33. The normalized spacial score (nSPS) is 10.7. The predicted molar refractivity (Wildman–Crippen MR) is 75.6 cm³/mol. The molecule has 0 amide bonds. The summed E-state index contributed by atoms with van der Waals surface area (Å²) in [5.41, 5.74) is 13.3. The van der Waals surface area contributed by atoms with Crippen LogP contribution >= 0.6 is 0 Å². The Morgan fingerprint density at radius 3 is 2.11 bits per heavy atom. The first-order valence-electron chi connectivity index (χ1n) is 6.09. The van der Waals surface area contributed by atoms with Crippen LogP contribution in [-0.4, -0.2) is 9.97 Å². The van der Waals surface area contributed by atoms with E-state index in [1.54, 1.807) is 0 Å². The molecule has 1 heterocycles. The molecule has 3 nitrogen and oxygen atoms in total. The fourth-order valence-electron chi connectivity index (χ4n) is 2.14. The van der Waals surface area contributed by atoms with Gasteiger partial charge in [-0.3, -0.25) is 0 Å². The zero-order chi connectivity index (χ0) is 13.4. The maximum atomic E-state index is 6.12. The van der Waals surface area contributed by atoms with Gasteiger partial charge in [0.1, 0.15) is 5.82 Å². The third-order valence-corrected chi connectivity index (χ3v) is 3.34. The van der Waals surface area contributed by atoms with Gasteiger partial charge < -0.3 is 5.73 Å². The molecule has 0 atom stereocenters. The van der Waals surface area contributed by atoms with Crippen LogP contribution in [0.3, 0.4) is 0 Å². The Morgan fingerprint density at radius 2 is 1.44 bits per heavy atom. The molecule has 0 aliphatic carbocycles. The second-order valence-electron chi connectivity index (χ2n) is 4.87. The van der Waals surface area contributed by atoms with Crippen LogP contribution in [0.15, 0.2) is 12.1 Å². The summed E-state index contributed by atoms with van der Waals surface area (Å²) in [7, 11) is 0. The van der Waals surface area contributed by atoms with Crippen molar-refractivity contribution in [3.8, 4) is 11.3 Å². The molecule has 0 spiro atoms. The molecule has 0 fully saturated rings. The molecule has 0 aliphatic rings. The van der Waals surface area contributed by atoms with Gasteiger partial charge in [0.05, 0.1) is 17.1 Å². The van der Waals surface area contributed by atoms with Gasteiger partial charge in [-0.15, -0.1) is 0 Å². The third kappa shape index (κ3) is 2.08. The standard InChI is InChI=1S/C15H19N3/c1-8-6-10(3)13(7-9(8)2)15-14(16)11(4)17-12(5)18-15/h6-7H,16H2,1-5H3. The van der Waals surface area contributed by atoms with Crippen molar-refractivity contribution in [3.63, 3.8) is 0 Å². The molecule has 0 aliphatic heterocycles. The van der Waals surface area contributed by atoms with Gasteiger partial charge in [0.25, 0.3) is 0 Å². The minimum absolute atomic E-state index is 0.673. The van der Waals surface area contributed by atoms with Crippen molar-refractivity contribution in [1.29, 1.82) is 0 Å². The van der Waals surface area contributed by atoms with E-state index in [1.165, 1.54) is 16.7 Å². The Hall–Kier alpha value is -1.90. The molecule has 0 saturated carbocycles. The first-order chi connectivity index (χ1) is 8.40. The lowest BCUT2D eigenvalue weighted by molar-refractivity contribution is 1.02. The topological polar surface area (TPSA) is 51.8 Å². The van der Waals surface area contributed by atoms with E-state index < -0.39 is 0 Å². The molecule has 1 aromatic heterocycles. The van der Waals surface area contributed by atoms with Gasteiger partial charge in [-0.2, -0.15) is 0 Å². The molecule has 2 aromatic rings. The molecule has 18 heavy (non-hydrogen) atoms. The zero-order valence-corrected chi connectivity index (χ0v) is 11.6. The summed E-state index contributed by atoms with van der Waals surface area (Å²) in [4.78, 5) is 8.79. The first kappa shape index (κ1) is 12.6. The van der Waals surface area contributed by atoms with Crippen LogP contribution in [-0.2, 0) is 0 Å². The zero-order valence-electron chi connectivity index (χ0n) is 11.6. The quantitative estimate of drug-likeness (QED) is 0.833. The number of nitrogens with zero attached hydrogens (tertiary/aromatic N) is 2. The molecular weight excluding hydrogens is 222 g/mol. The number of benzene rings is 1. The summed E-state index contributed by atoms with van der Waals surface area (Å²) >= 11 is 0. The van der Waals surface area contributed by atoms with E-state index in [9.17, 15) is 0 Å². The first-order valence-corrected chi connectivity index (χ1v) is 6.09. The monoisotopic (exact) mass is 241 g/mol. The highest BCUT2D eigenvalue weighted by molar-refractivity contribution is 5.76. The summed E-state index contributed by atoms with van der Waals surface area (Å²) < 4.78 is 0. The van der Waals surface area contributed by atoms with Crippen LogP contribution in [0.2, 0.25) is 0 Å². The summed E-state index contributed by atoms with van der Waals surface area (Å²) in [6.45, 7) is 10.1. The molecule has 0 bridgehead atoms. The Bertz CT molecular complexity index is 616. The fourth-order valence-corrected chi connectivity index (χ4v) is 2.14. The molecule has 0 saturated heterocycles. The molecule has 3 heteroatoms. The number of hydrogen-bond donors (Lipinski definition) is 1. The van der Waals surface area contributed by atoms with Gasteiger partial charge in [-0.1, -0.05) is 6.07 Å². The summed E-state index contributed by atoms with van der Waals surface area (Å²) in [6.07, 6.45) is 0. The number of rotatable bonds is 1. The number of aryl methyl sites for hydroxylation is 5. The second-order valence-corrected chi connectivity index (χ2v) is 4.87. The molecule has 0 unspecified atom stereocenters. The highest BCUT2D eigenvalue weighted by atomic mass is 14.9. The highest BCUT2D eigenvalue weighted by Crippen LogP contribution is 2.30. The van der Waals surface area contributed by atoms with E-state index in [0.29, 0.717) is 5.69 Å². The summed E-state index contributed by atoms with van der Waals surface area (Å²) in [5, 5.41) is 0. The third-order valence-electron chi connectivity index (χ3n) is 3.34. The number of anilines is 1. The van der Waals surface area contributed by atoms with Crippen LogP contribution in [0.4, 0.5) is 5.69 Å². The van der Waals surface area contributed by atoms with Gasteiger partial charge in [0, 0.05) is 5.56 Å². The molecule has 0 radical (unpaired) electrons. The average molecular weight is 241 g/mol. The maximum Gasteiger partial charge on any atom is 0.126 e. The molecule has 1 aromatic carbocycles. The molecule has 2 rings (SSSR count). The van der Waals surface area contributed by atoms with Crippen molar-refractivity contribution in [2.45, 2.75) is 34.6 Å². The predicted octanol–water partition coefficient (Wildman–Crippen LogP) is 3.27. The molecule has 94 valence electrons. The van der Waals surface area contributed by atoms with Gasteiger partial charge in [0.2, 0.25) is 0 Å². The maximum absolute atomic E-state index is 6.12. The van der Waals surface area contributed by atoms with Gasteiger partial charge in [-0.05, 0) is 57.4 Å². The van der Waals surface area contributed by atoms with Crippen molar-refractivity contribution in [2.24, 2.45) is 0 Å². The van der Waals surface area contributed by atoms with E-state index in [0.717, 1.165) is 22.8 Å². The van der Waals surface area contributed by atoms with Crippen LogP contribution < -0.4 is 5.73 Å². The van der Waals surface area contributed by atoms with Gasteiger partial charge >= 0.3 is 0 Å². The van der Waals surface area contributed by atoms with Crippen molar-refractivity contribution in [1.82, 2.24) is 9.97 Å². The van der Waals surface area contributed by atoms with Crippen LogP contribution in [0.25, 0.3) is 11.3 Å². The Kier molecular flexibility index (Phi) is 3.07. The SMILES string of the molecule is Cc1nc(C)c(N)c(-c2cc(C)c(C)cc2C)n1. The molecule has 2 N–H and O–H groups in total. The van der Waals surface area contributed by atoms with Crippen LogP contribution in [0.5, 0.6) is 0 Å². The largest absolute Gasteiger partial charge is 0.395 e. The van der Waals surface area contributed by atoms with E-state index in [2.05, 4.69) is 42.9 Å². The number of aromatic nitrogens is 2. The fraction of sp³-hybridized carbons (Fsp3) is 0.333. The van der Waals surface area contributed by atoms with Crippen LogP contribution in [0.1, 0.15) is 28.2 Å². The lowest BCUT2D eigenvalue weighted by Crippen LogP contribution is -2.03. The number of nitrogen functional groups attached to an aromatic ring is 1. The Labute approximate surface area is 108 Å². The van der Waals surface area contributed by atoms with E-state index in [1.807, 2.05) is 13.8 Å². The lowest BCUT2D eigenvalue weighted by atomic mass is 9.97. The molecular formula is C15H19N3. The van der Waals surface area contributed by atoms with E-state index >= 15 is 0 Å². The van der Waals surface area contributed by atoms with Crippen LogP contribution in [0, 0.1) is 34.6 Å². The second kappa shape index (κ2) is 4.41. The number of nitrogens with two attached hydrogens (primary N) is 1. The average Bonchev–Trinajstić information content (AvgIpc) is 2.29.